The van der Waals surface area contributed by atoms with Gasteiger partial charge in [-0.2, -0.15) is 0 Å². The molecule has 2 fully saturated rings. The number of nitro benzene ring substituents is 1. The number of aromatic hydroxyl groups is 1. The van der Waals surface area contributed by atoms with Crippen LogP contribution in [0.5, 0.6) is 17.2 Å². The first-order valence-corrected chi connectivity index (χ1v) is 12.2. The molecule has 2 atom stereocenters. The van der Waals surface area contributed by atoms with Crippen molar-refractivity contribution in [2.75, 3.05) is 19.6 Å². The van der Waals surface area contributed by atoms with Crippen molar-refractivity contribution in [3.8, 4) is 17.2 Å². The predicted octanol–water partition coefficient (Wildman–Crippen LogP) is 4.78. The van der Waals surface area contributed by atoms with E-state index in [2.05, 4.69) is 0 Å². The van der Waals surface area contributed by atoms with Crippen LogP contribution in [-0.2, 0) is 0 Å². The Morgan fingerprint density at radius 3 is 2.41 bits per heavy atom. The van der Waals surface area contributed by atoms with Gasteiger partial charge in [0.1, 0.15) is 11.5 Å². The number of likely N-dealkylation sites (tertiary alicyclic amines) is 2. The standard InChI is InChI=1S/C28H27N3O6/c1-18-14-26(32)24(31(35)36)15-23(18)28(34)30-13-5-6-20-16-29(17-25(20)30)27(33)19-9-11-22(12-10-19)37-21-7-3-2-4-8-21/h2-4,7-12,14-15,20,25,32H,5-6,13,16-17H2,1H3/t20-,25-/m1/s1. The number of carbonyl (C=O) groups excluding carboxylic acids is 2. The molecule has 2 aliphatic heterocycles. The van der Waals surface area contributed by atoms with E-state index >= 15 is 0 Å². The summed E-state index contributed by atoms with van der Waals surface area (Å²) in [6, 6.07) is 18.6. The van der Waals surface area contributed by atoms with Crippen LogP contribution in [-0.4, -0.2) is 57.3 Å². The average molecular weight is 502 g/mol. The van der Waals surface area contributed by atoms with Crippen LogP contribution in [0.3, 0.4) is 0 Å². The number of amides is 2. The third kappa shape index (κ3) is 4.84. The molecule has 2 amide bonds. The quantitative estimate of drug-likeness (QED) is 0.398. The molecule has 3 aromatic rings. The summed E-state index contributed by atoms with van der Waals surface area (Å²) < 4.78 is 5.81. The van der Waals surface area contributed by atoms with Crippen LogP contribution < -0.4 is 4.74 Å². The maximum Gasteiger partial charge on any atom is 0.311 e. The molecule has 9 heteroatoms. The SMILES string of the molecule is Cc1cc(O)c([N+](=O)[O-])cc1C(=O)N1CCC[C@@H]2CN(C(=O)c3ccc(Oc4ccccc4)cc3)C[C@H]21. The number of phenolic OH excluding ortho intramolecular Hbond substituents is 1. The second-order valence-corrected chi connectivity index (χ2v) is 9.53. The number of hydrogen-bond donors (Lipinski definition) is 1. The number of hydrogen-bond acceptors (Lipinski definition) is 6. The summed E-state index contributed by atoms with van der Waals surface area (Å²) in [5.74, 6) is 0.594. The number of nitro groups is 1. The van der Waals surface area contributed by atoms with Crippen LogP contribution >= 0.6 is 0 Å². The van der Waals surface area contributed by atoms with E-state index < -0.39 is 16.4 Å². The summed E-state index contributed by atoms with van der Waals surface area (Å²) in [5, 5.41) is 21.2. The average Bonchev–Trinajstić information content (AvgIpc) is 3.33. The van der Waals surface area contributed by atoms with Gasteiger partial charge in [-0.05, 0) is 73.7 Å². The van der Waals surface area contributed by atoms with E-state index in [-0.39, 0.29) is 29.3 Å². The molecule has 190 valence electrons. The minimum absolute atomic E-state index is 0.107. The van der Waals surface area contributed by atoms with Gasteiger partial charge in [0.05, 0.1) is 11.0 Å². The highest BCUT2D eigenvalue weighted by Gasteiger charge is 2.43. The van der Waals surface area contributed by atoms with Gasteiger partial charge in [-0.15, -0.1) is 0 Å². The maximum atomic E-state index is 13.5. The maximum absolute atomic E-state index is 13.5. The fourth-order valence-corrected chi connectivity index (χ4v) is 5.28. The van der Waals surface area contributed by atoms with Gasteiger partial charge in [0.15, 0.2) is 5.75 Å². The van der Waals surface area contributed by atoms with E-state index in [0.717, 1.165) is 18.9 Å². The zero-order chi connectivity index (χ0) is 26.1. The first kappa shape index (κ1) is 24.3. The molecule has 37 heavy (non-hydrogen) atoms. The van der Waals surface area contributed by atoms with Gasteiger partial charge >= 0.3 is 5.69 Å². The molecule has 0 aromatic heterocycles. The number of nitrogens with zero attached hydrogens (tertiary/aromatic N) is 3. The molecule has 3 aromatic carbocycles. The Morgan fingerprint density at radius 1 is 1.00 bits per heavy atom. The number of benzene rings is 3. The summed E-state index contributed by atoms with van der Waals surface area (Å²) in [4.78, 5) is 40.9. The zero-order valence-electron chi connectivity index (χ0n) is 20.4. The Morgan fingerprint density at radius 2 is 1.70 bits per heavy atom. The van der Waals surface area contributed by atoms with E-state index in [4.69, 9.17) is 4.74 Å². The molecule has 0 saturated carbocycles. The number of carbonyl (C=O) groups is 2. The lowest BCUT2D eigenvalue weighted by molar-refractivity contribution is -0.385. The van der Waals surface area contributed by atoms with Crippen LogP contribution in [0.15, 0.2) is 66.7 Å². The number of aryl methyl sites for hydroxylation is 1. The normalized spacial score (nSPS) is 18.8. The number of para-hydroxylation sites is 1. The molecule has 2 heterocycles. The van der Waals surface area contributed by atoms with Gasteiger partial charge < -0.3 is 19.6 Å². The lowest BCUT2D eigenvalue weighted by Crippen LogP contribution is -2.48. The summed E-state index contributed by atoms with van der Waals surface area (Å²) in [7, 11) is 0. The Bertz CT molecular complexity index is 1340. The predicted molar refractivity (Wildman–Crippen MR) is 136 cm³/mol. The van der Waals surface area contributed by atoms with Crippen LogP contribution in [0.4, 0.5) is 5.69 Å². The van der Waals surface area contributed by atoms with Crippen molar-refractivity contribution < 1.29 is 24.4 Å². The van der Waals surface area contributed by atoms with Crippen LogP contribution in [0.25, 0.3) is 0 Å². The van der Waals surface area contributed by atoms with E-state index in [0.29, 0.717) is 42.3 Å². The van der Waals surface area contributed by atoms with Crippen molar-refractivity contribution in [1.29, 1.82) is 0 Å². The van der Waals surface area contributed by atoms with Gasteiger partial charge in [0.25, 0.3) is 11.8 Å². The first-order chi connectivity index (χ1) is 17.8. The molecule has 1 N–H and O–H groups in total. The number of rotatable bonds is 5. The van der Waals surface area contributed by atoms with E-state index in [1.54, 1.807) is 41.0 Å². The number of ether oxygens (including phenoxy) is 1. The molecule has 0 aliphatic carbocycles. The third-order valence-corrected chi connectivity index (χ3v) is 7.16. The number of piperidine rings is 1. The Labute approximate surface area is 214 Å². The van der Waals surface area contributed by atoms with Crippen LogP contribution in [0.2, 0.25) is 0 Å². The fourth-order valence-electron chi connectivity index (χ4n) is 5.28. The van der Waals surface area contributed by atoms with E-state index in [1.165, 1.54) is 6.07 Å². The Kier molecular flexibility index (Phi) is 6.52. The van der Waals surface area contributed by atoms with Crippen molar-refractivity contribution in [3.05, 3.63) is 93.5 Å². The summed E-state index contributed by atoms with van der Waals surface area (Å²) >= 11 is 0. The highest BCUT2D eigenvalue weighted by atomic mass is 16.6. The van der Waals surface area contributed by atoms with E-state index in [1.807, 2.05) is 30.3 Å². The summed E-state index contributed by atoms with van der Waals surface area (Å²) in [6.07, 6.45) is 1.69. The van der Waals surface area contributed by atoms with Crippen molar-refractivity contribution in [3.63, 3.8) is 0 Å². The molecule has 0 bridgehead atoms. The van der Waals surface area contributed by atoms with Gasteiger partial charge in [-0.3, -0.25) is 19.7 Å². The van der Waals surface area contributed by atoms with Gasteiger partial charge in [0, 0.05) is 36.8 Å². The fraction of sp³-hybridized carbons (Fsp3) is 0.286. The third-order valence-electron chi connectivity index (χ3n) is 7.16. The first-order valence-electron chi connectivity index (χ1n) is 12.2. The molecular formula is C28H27N3O6. The molecule has 0 radical (unpaired) electrons. The number of phenols is 1. The molecule has 9 nitrogen and oxygen atoms in total. The highest BCUT2D eigenvalue weighted by molar-refractivity contribution is 5.97. The molecule has 0 spiro atoms. The zero-order valence-corrected chi connectivity index (χ0v) is 20.4. The highest BCUT2D eigenvalue weighted by Crippen LogP contribution is 2.35. The largest absolute Gasteiger partial charge is 0.502 e. The van der Waals surface area contributed by atoms with Crippen molar-refractivity contribution in [1.82, 2.24) is 9.80 Å². The van der Waals surface area contributed by atoms with Gasteiger partial charge in [-0.1, -0.05) is 18.2 Å². The van der Waals surface area contributed by atoms with Crippen molar-refractivity contribution >= 4 is 17.5 Å². The second kappa shape index (κ2) is 9.93. The molecule has 0 unspecified atom stereocenters. The van der Waals surface area contributed by atoms with E-state index in [9.17, 15) is 24.8 Å². The summed E-state index contributed by atoms with van der Waals surface area (Å²) in [6.45, 7) is 3.11. The molecule has 5 rings (SSSR count). The Balaban J connectivity index is 1.30. The molecule has 2 saturated heterocycles. The Hall–Kier alpha value is -4.40. The van der Waals surface area contributed by atoms with Crippen molar-refractivity contribution in [2.45, 2.75) is 25.8 Å². The topological polar surface area (TPSA) is 113 Å². The lowest BCUT2D eigenvalue weighted by Gasteiger charge is -2.37. The molecule has 2 aliphatic rings. The molecular weight excluding hydrogens is 474 g/mol. The van der Waals surface area contributed by atoms with Crippen molar-refractivity contribution in [2.24, 2.45) is 5.92 Å². The number of fused-ring (bicyclic) bond motifs is 1. The smallest absolute Gasteiger partial charge is 0.311 e. The minimum atomic E-state index is -0.698. The van der Waals surface area contributed by atoms with Crippen LogP contribution in [0, 0.1) is 23.0 Å². The van der Waals surface area contributed by atoms with Gasteiger partial charge in [-0.25, -0.2) is 0 Å². The summed E-state index contributed by atoms with van der Waals surface area (Å²) in [5.41, 5.74) is 0.718. The van der Waals surface area contributed by atoms with Crippen LogP contribution in [0.1, 0.15) is 39.1 Å². The lowest BCUT2D eigenvalue weighted by atomic mass is 9.91. The van der Waals surface area contributed by atoms with Gasteiger partial charge in [0.2, 0.25) is 0 Å². The monoisotopic (exact) mass is 501 g/mol. The minimum Gasteiger partial charge on any atom is -0.502 e. The second-order valence-electron chi connectivity index (χ2n) is 9.53.